The SMILES string of the molecule is Cc1ccc(S(=O)(=O)N[C@@H](C)[C]=O)cc1. The number of hydrogen-bond donors (Lipinski definition) is 1. The highest BCUT2D eigenvalue weighted by Crippen LogP contribution is 2.09. The Morgan fingerprint density at radius 2 is 1.80 bits per heavy atom. The lowest BCUT2D eigenvalue weighted by Gasteiger charge is -2.07. The van der Waals surface area contributed by atoms with Crippen molar-refractivity contribution in [3.63, 3.8) is 0 Å². The maximum Gasteiger partial charge on any atom is 0.241 e. The number of carbonyl (C=O) groups excluding carboxylic acids is 1. The zero-order chi connectivity index (χ0) is 11.5. The third-order valence-corrected chi connectivity index (χ3v) is 3.40. The lowest BCUT2D eigenvalue weighted by molar-refractivity contribution is 0.533. The van der Waals surface area contributed by atoms with Gasteiger partial charge in [0.2, 0.25) is 16.3 Å². The Bertz CT molecular complexity index is 436. The standard InChI is InChI=1S/C10H12NO3S/c1-8-3-5-10(6-4-8)15(13,14)11-9(2)7-12/h3-6,9,11H,1-2H3/t9-/m0/s1. The van der Waals surface area contributed by atoms with Gasteiger partial charge in [-0.2, -0.15) is 0 Å². The number of sulfonamides is 1. The molecule has 0 heterocycles. The normalized spacial score (nSPS) is 13.5. The summed E-state index contributed by atoms with van der Waals surface area (Å²) in [4.78, 5) is 10.4. The Hall–Kier alpha value is -1.20. The summed E-state index contributed by atoms with van der Waals surface area (Å²) in [7, 11) is -3.60. The third kappa shape index (κ3) is 3.14. The highest BCUT2D eigenvalue weighted by molar-refractivity contribution is 7.89. The van der Waals surface area contributed by atoms with E-state index in [0.717, 1.165) is 5.56 Å². The van der Waals surface area contributed by atoms with Gasteiger partial charge in [0, 0.05) is 0 Å². The maximum atomic E-state index is 11.6. The van der Waals surface area contributed by atoms with Crippen LogP contribution in [0.15, 0.2) is 29.2 Å². The fraction of sp³-hybridized carbons (Fsp3) is 0.300. The van der Waals surface area contributed by atoms with Crippen LogP contribution in [0.4, 0.5) is 0 Å². The Kier molecular flexibility index (Phi) is 3.60. The molecule has 0 saturated carbocycles. The molecule has 1 radical (unpaired) electrons. The van der Waals surface area contributed by atoms with Crippen LogP contribution in [0.2, 0.25) is 0 Å². The molecular weight excluding hydrogens is 214 g/mol. The molecule has 0 aliphatic heterocycles. The van der Waals surface area contributed by atoms with Crippen molar-refractivity contribution in [2.45, 2.75) is 24.8 Å². The van der Waals surface area contributed by atoms with Crippen LogP contribution in [-0.2, 0) is 14.8 Å². The van der Waals surface area contributed by atoms with E-state index in [9.17, 15) is 13.2 Å². The molecule has 0 aliphatic rings. The first kappa shape index (κ1) is 11.9. The molecule has 0 aliphatic carbocycles. The molecule has 5 heteroatoms. The molecule has 0 aromatic heterocycles. The summed E-state index contributed by atoms with van der Waals surface area (Å²) in [6, 6.07) is 5.55. The van der Waals surface area contributed by atoms with Crippen LogP contribution in [0, 0.1) is 6.92 Å². The molecule has 81 valence electrons. The van der Waals surface area contributed by atoms with Gasteiger partial charge in [0.15, 0.2) is 0 Å². The van der Waals surface area contributed by atoms with Gasteiger partial charge in [0.25, 0.3) is 0 Å². The average Bonchev–Trinajstić information content (AvgIpc) is 2.17. The summed E-state index contributed by atoms with van der Waals surface area (Å²) in [5.41, 5.74) is 0.976. The quantitative estimate of drug-likeness (QED) is 0.824. The minimum atomic E-state index is -3.60. The van der Waals surface area contributed by atoms with Crippen LogP contribution in [-0.4, -0.2) is 20.7 Å². The zero-order valence-electron chi connectivity index (χ0n) is 8.52. The number of aryl methyl sites for hydroxylation is 1. The van der Waals surface area contributed by atoms with Crippen LogP contribution < -0.4 is 4.72 Å². The Morgan fingerprint density at radius 1 is 1.27 bits per heavy atom. The van der Waals surface area contributed by atoms with Gasteiger partial charge in [-0.25, -0.2) is 13.1 Å². The van der Waals surface area contributed by atoms with E-state index in [0.29, 0.717) is 0 Å². The van der Waals surface area contributed by atoms with Crippen molar-refractivity contribution in [3.8, 4) is 0 Å². The van der Waals surface area contributed by atoms with Crippen molar-refractivity contribution in [1.29, 1.82) is 0 Å². The van der Waals surface area contributed by atoms with Crippen molar-refractivity contribution < 1.29 is 13.2 Å². The second-order valence-corrected chi connectivity index (χ2v) is 4.99. The van der Waals surface area contributed by atoms with Crippen molar-refractivity contribution in [3.05, 3.63) is 29.8 Å². The molecule has 0 unspecified atom stereocenters. The predicted molar refractivity (Wildman–Crippen MR) is 56.7 cm³/mol. The second-order valence-electron chi connectivity index (χ2n) is 3.27. The van der Waals surface area contributed by atoms with E-state index >= 15 is 0 Å². The van der Waals surface area contributed by atoms with Gasteiger partial charge < -0.3 is 0 Å². The molecule has 0 fully saturated rings. The number of benzene rings is 1. The van der Waals surface area contributed by atoms with Gasteiger partial charge in [-0.3, -0.25) is 4.79 Å². The summed E-state index contributed by atoms with van der Waals surface area (Å²) in [5, 5.41) is 0. The largest absolute Gasteiger partial charge is 0.289 e. The van der Waals surface area contributed by atoms with Gasteiger partial charge in [0.1, 0.15) is 0 Å². The molecule has 1 N–H and O–H groups in total. The van der Waals surface area contributed by atoms with E-state index in [-0.39, 0.29) is 4.90 Å². The number of hydrogen-bond acceptors (Lipinski definition) is 3. The fourth-order valence-electron chi connectivity index (χ4n) is 1.04. The van der Waals surface area contributed by atoms with Crippen molar-refractivity contribution >= 4 is 16.3 Å². The fourth-order valence-corrected chi connectivity index (χ4v) is 2.19. The lowest BCUT2D eigenvalue weighted by atomic mass is 10.2. The van der Waals surface area contributed by atoms with Crippen molar-refractivity contribution in [2.75, 3.05) is 0 Å². The molecule has 15 heavy (non-hydrogen) atoms. The smallest absolute Gasteiger partial charge is 0.241 e. The minimum Gasteiger partial charge on any atom is -0.289 e. The summed E-state index contributed by atoms with van der Waals surface area (Å²) in [6.07, 6.45) is 1.56. The van der Waals surface area contributed by atoms with Crippen LogP contribution in [0.5, 0.6) is 0 Å². The van der Waals surface area contributed by atoms with Gasteiger partial charge in [-0.1, -0.05) is 17.7 Å². The highest BCUT2D eigenvalue weighted by atomic mass is 32.2. The first-order valence-corrected chi connectivity index (χ1v) is 5.90. The number of rotatable bonds is 4. The Balaban J connectivity index is 2.96. The average molecular weight is 226 g/mol. The maximum absolute atomic E-state index is 11.6. The Labute approximate surface area is 89.4 Å². The van der Waals surface area contributed by atoms with Crippen molar-refractivity contribution in [2.24, 2.45) is 0 Å². The molecule has 0 spiro atoms. The first-order chi connectivity index (χ1) is 6.95. The molecule has 4 nitrogen and oxygen atoms in total. The van der Waals surface area contributed by atoms with E-state index in [4.69, 9.17) is 0 Å². The molecule has 0 amide bonds. The molecule has 0 bridgehead atoms. The summed E-state index contributed by atoms with van der Waals surface area (Å²) >= 11 is 0. The highest BCUT2D eigenvalue weighted by Gasteiger charge is 2.16. The lowest BCUT2D eigenvalue weighted by Crippen LogP contribution is -2.33. The molecule has 1 aromatic rings. The van der Waals surface area contributed by atoms with Crippen LogP contribution in [0.25, 0.3) is 0 Å². The van der Waals surface area contributed by atoms with E-state index in [1.807, 2.05) is 6.92 Å². The van der Waals surface area contributed by atoms with E-state index in [1.165, 1.54) is 19.1 Å². The first-order valence-electron chi connectivity index (χ1n) is 4.42. The van der Waals surface area contributed by atoms with Crippen LogP contribution >= 0.6 is 0 Å². The monoisotopic (exact) mass is 226 g/mol. The van der Waals surface area contributed by atoms with E-state index < -0.39 is 16.1 Å². The minimum absolute atomic E-state index is 0.148. The second kappa shape index (κ2) is 4.55. The molecular formula is C10H12NO3S. The van der Waals surface area contributed by atoms with Gasteiger partial charge in [-0.15, -0.1) is 0 Å². The molecule has 1 atom stereocenters. The van der Waals surface area contributed by atoms with Gasteiger partial charge >= 0.3 is 0 Å². The van der Waals surface area contributed by atoms with Crippen LogP contribution in [0.1, 0.15) is 12.5 Å². The summed E-state index contributed by atoms with van der Waals surface area (Å²) in [5.74, 6) is 0. The van der Waals surface area contributed by atoms with Gasteiger partial charge in [0.05, 0.1) is 10.9 Å². The van der Waals surface area contributed by atoms with E-state index in [2.05, 4.69) is 4.72 Å². The van der Waals surface area contributed by atoms with Crippen molar-refractivity contribution in [1.82, 2.24) is 4.72 Å². The molecule has 0 saturated heterocycles. The topological polar surface area (TPSA) is 63.2 Å². The zero-order valence-corrected chi connectivity index (χ0v) is 9.34. The molecule has 1 rings (SSSR count). The summed E-state index contributed by atoms with van der Waals surface area (Å²) in [6.45, 7) is 3.30. The number of nitrogens with one attached hydrogen (secondary N) is 1. The van der Waals surface area contributed by atoms with Crippen LogP contribution in [0.3, 0.4) is 0 Å². The van der Waals surface area contributed by atoms with Gasteiger partial charge in [-0.05, 0) is 26.0 Å². The predicted octanol–water partition coefficient (Wildman–Crippen LogP) is 0.772. The summed E-state index contributed by atoms with van der Waals surface area (Å²) < 4.78 is 25.4. The molecule has 1 aromatic carbocycles. The third-order valence-electron chi connectivity index (χ3n) is 1.84. The van der Waals surface area contributed by atoms with E-state index in [1.54, 1.807) is 18.4 Å². The Morgan fingerprint density at radius 3 is 2.27 bits per heavy atom.